The molecule has 2 fully saturated rings. The molecule has 1 aliphatic heterocycles. The summed E-state index contributed by atoms with van der Waals surface area (Å²) in [6, 6.07) is 15.1. The van der Waals surface area contributed by atoms with E-state index in [0.717, 1.165) is 0 Å². The van der Waals surface area contributed by atoms with Gasteiger partial charge in [-0.25, -0.2) is 9.80 Å². The van der Waals surface area contributed by atoms with Gasteiger partial charge in [-0.05, 0) is 66.7 Å². The van der Waals surface area contributed by atoms with E-state index < -0.39 is 61.9 Å². The number of carbonyl (C=O) groups is 5. The fourth-order valence-corrected chi connectivity index (χ4v) is 9.49. The Morgan fingerprint density at radius 2 is 1.21 bits per heavy atom. The van der Waals surface area contributed by atoms with Crippen molar-refractivity contribution < 1.29 is 28.7 Å². The van der Waals surface area contributed by atoms with Crippen LogP contribution in [0.2, 0.25) is 15.1 Å². The van der Waals surface area contributed by atoms with Gasteiger partial charge >= 0.3 is 5.97 Å². The molecule has 6 rings (SSSR count). The highest BCUT2D eigenvalue weighted by atomic mass is 35.5. The summed E-state index contributed by atoms with van der Waals surface area (Å²) in [6.07, 6.45) is 0. The molecule has 0 spiro atoms. The molecular weight excluding hydrogens is 815 g/mol. The summed E-state index contributed by atoms with van der Waals surface area (Å²) in [5, 5.41) is 1.23. The van der Waals surface area contributed by atoms with Gasteiger partial charge in [0.05, 0.1) is 32.5 Å². The molecule has 0 unspecified atom stereocenters. The summed E-state index contributed by atoms with van der Waals surface area (Å²) in [5.41, 5.74) is 0.0744. The summed E-state index contributed by atoms with van der Waals surface area (Å²) in [5.74, 6) is -7.50. The number of carbonyl (C=O) groups excluding carboxylic acids is 5. The number of esters is 1. The van der Waals surface area contributed by atoms with Crippen molar-refractivity contribution in [1.29, 1.82) is 0 Å². The van der Waals surface area contributed by atoms with Crippen LogP contribution in [0.3, 0.4) is 0 Å². The molecule has 2 bridgehead atoms. The number of rotatable bonds is 7. The van der Waals surface area contributed by atoms with E-state index in [1.807, 2.05) is 0 Å². The topological polar surface area (TPSA) is 101 Å². The zero-order valence-electron chi connectivity index (χ0n) is 23.5. The second kappa shape index (κ2) is 12.5. The summed E-state index contributed by atoms with van der Waals surface area (Å²) < 4.78 is 3.15. The molecule has 1 heterocycles. The third kappa shape index (κ3) is 5.14. The van der Waals surface area contributed by atoms with E-state index in [2.05, 4.69) is 0 Å². The van der Waals surface area contributed by atoms with Crippen LogP contribution in [0.15, 0.2) is 76.8 Å². The Kier molecular flexibility index (Phi) is 9.28. The van der Waals surface area contributed by atoms with Crippen LogP contribution in [-0.4, -0.2) is 60.1 Å². The van der Waals surface area contributed by atoms with Gasteiger partial charge in [-0.1, -0.05) is 81.2 Å². The monoisotopic (exact) mass is 826 g/mol. The van der Waals surface area contributed by atoms with Crippen LogP contribution in [0, 0.1) is 11.8 Å². The molecule has 1 saturated heterocycles. The lowest BCUT2D eigenvalue weighted by molar-refractivity contribution is -0.154. The highest BCUT2D eigenvalue weighted by Crippen LogP contribution is 2.77. The Morgan fingerprint density at radius 3 is 1.73 bits per heavy atom. The van der Waals surface area contributed by atoms with Gasteiger partial charge in [-0.2, -0.15) is 5.01 Å². The average Bonchev–Trinajstić information content (AvgIpc) is 3.42. The molecule has 8 nitrogen and oxygen atoms in total. The third-order valence-corrected chi connectivity index (χ3v) is 13.3. The minimum absolute atomic E-state index is 0.0182. The summed E-state index contributed by atoms with van der Waals surface area (Å²) in [4.78, 5) is 64.0. The van der Waals surface area contributed by atoms with Crippen LogP contribution in [0.5, 0.6) is 5.75 Å². The summed E-state index contributed by atoms with van der Waals surface area (Å²) in [7, 11) is 0. The highest BCUT2D eigenvalue weighted by Gasteiger charge is 2.88. The second-order valence-electron chi connectivity index (χ2n) is 10.9. The van der Waals surface area contributed by atoms with E-state index in [9.17, 15) is 24.0 Å². The Morgan fingerprint density at radius 1 is 0.708 bits per heavy atom. The Bertz CT molecular complexity index is 1920. The number of halogens is 9. The van der Waals surface area contributed by atoms with Crippen molar-refractivity contribution in [3.8, 4) is 5.75 Å². The lowest BCUT2D eigenvalue weighted by Gasteiger charge is -2.36. The smallest absolute Gasteiger partial charge is 0.345 e. The van der Waals surface area contributed by atoms with Gasteiger partial charge in [0.15, 0.2) is 10.1 Å². The number of hydrogen-bond acceptors (Lipinski definition) is 6. The van der Waals surface area contributed by atoms with Crippen LogP contribution in [-0.2, 0) is 9.59 Å². The molecule has 48 heavy (non-hydrogen) atoms. The van der Waals surface area contributed by atoms with Gasteiger partial charge in [0, 0.05) is 21.2 Å². The second-order valence-corrected chi connectivity index (χ2v) is 15.5. The number of hydrazine groups is 1. The maximum atomic E-state index is 14.1. The predicted octanol–water partition coefficient (Wildman–Crippen LogP) is 8.55. The Balaban J connectivity index is 1.30. The Hall–Kier alpha value is -2.24. The van der Waals surface area contributed by atoms with Gasteiger partial charge in [-0.3, -0.25) is 19.2 Å². The van der Waals surface area contributed by atoms with Crippen LogP contribution in [0.1, 0.15) is 31.1 Å². The van der Waals surface area contributed by atoms with Gasteiger partial charge in [0.25, 0.3) is 17.7 Å². The number of imide groups is 1. The first kappa shape index (κ1) is 35.6. The molecule has 3 amide bonds. The van der Waals surface area contributed by atoms with Gasteiger partial charge in [0.1, 0.15) is 22.0 Å². The van der Waals surface area contributed by atoms with Crippen molar-refractivity contribution in [2.75, 3.05) is 6.54 Å². The third-order valence-electron chi connectivity index (χ3n) is 8.28. The highest BCUT2D eigenvalue weighted by molar-refractivity contribution is 6.67. The van der Waals surface area contributed by atoms with E-state index in [0.29, 0.717) is 20.1 Å². The number of allylic oxidation sites excluding steroid dienone is 2. The molecule has 3 aromatic rings. The first-order chi connectivity index (χ1) is 22.5. The lowest BCUT2D eigenvalue weighted by atomic mass is 9.84. The van der Waals surface area contributed by atoms with Gasteiger partial charge in [-0.15, -0.1) is 23.2 Å². The van der Waals surface area contributed by atoms with Crippen molar-refractivity contribution in [3.05, 3.63) is 109 Å². The quantitative estimate of drug-likeness (QED) is 0.0779. The number of nitrogens with zero attached hydrogens (tertiary/aromatic N) is 2. The molecule has 17 heteroatoms. The fraction of sp³-hybridized carbons (Fsp3) is 0.194. The lowest BCUT2D eigenvalue weighted by Crippen LogP contribution is -2.56. The number of benzene rings is 3. The first-order valence-electron chi connectivity index (χ1n) is 13.5. The van der Waals surface area contributed by atoms with Crippen molar-refractivity contribution in [2.45, 2.75) is 14.1 Å². The molecule has 3 aliphatic rings. The molecular formula is C31H15Cl9N2O6. The maximum Gasteiger partial charge on any atom is 0.345 e. The van der Waals surface area contributed by atoms with E-state index >= 15 is 0 Å². The fourth-order valence-electron chi connectivity index (χ4n) is 5.95. The number of fused-ring (bicyclic) bond motifs is 5. The zero-order valence-corrected chi connectivity index (χ0v) is 30.3. The number of ketones is 1. The van der Waals surface area contributed by atoms with E-state index in [1.54, 1.807) is 0 Å². The van der Waals surface area contributed by atoms with Gasteiger partial charge < -0.3 is 4.74 Å². The van der Waals surface area contributed by atoms with Crippen molar-refractivity contribution in [2.24, 2.45) is 11.8 Å². The number of alkyl halides is 4. The Labute approximate surface area is 317 Å². The molecule has 0 radical (unpaired) electrons. The summed E-state index contributed by atoms with van der Waals surface area (Å²) >= 11 is 57.5. The predicted molar refractivity (Wildman–Crippen MR) is 184 cm³/mol. The molecule has 0 aromatic heterocycles. The minimum Gasteiger partial charge on any atom is -0.423 e. The number of Topliss-reactive ketones (excluding diaryl/α,β-unsaturated/α-hetero) is 1. The normalized spacial score (nSPS) is 25.4. The van der Waals surface area contributed by atoms with Crippen molar-refractivity contribution in [1.82, 2.24) is 10.0 Å². The average molecular weight is 831 g/mol. The zero-order chi connectivity index (χ0) is 35.1. The van der Waals surface area contributed by atoms with Crippen LogP contribution in [0.25, 0.3) is 0 Å². The van der Waals surface area contributed by atoms with Gasteiger partial charge in [0.2, 0.25) is 0 Å². The molecule has 3 aromatic carbocycles. The van der Waals surface area contributed by atoms with Crippen LogP contribution >= 0.6 is 104 Å². The molecule has 0 N–H and O–H groups in total. The first-order valence-corrected chi connectivity index (χ1v) is 16.9. The summed E-state index contributed by atoms with van der Waals surface area (Å²) in [6.45, 7) is -0.815. The van der Waals surface area contributed by atoms with Crippen molar-refractivity contribution in [3.63, 3.8) is 0 Å². The van der Waals surface area contributed by atoms with Crippen LogP contribution in [0.4, 0.5) is 0 Å². The molecule has 2 aliphatic carbocycles. The standard InChI is InChI=1S/C31H15Cl9N2O6/c32-15-5-1-14(2-6-15)25(44)41(42-26(45)21-22(27(42)46)30(38)24(36)23(35)29(21,37)31(30,39)40)12-20(43)13-3-8-17(9-4-13)48-28(47)18-10-7-16(33)11-19(18)34/h1-11,21-22H,12H2/t21-,22-,29+,30+/m0/s1. The SMILES string of the molecule is O=C(CN(C(=O)c1ccc(Cl)cc1)N1C(=O)[C@@H]2[C@@H](C1=O)[C@@]1(Cl)C(Cl)=C(Cl)[C@@]2(Cl)C1(Cl)Cl)c1ccc(OC(=O)c2ccc(Cl)cc2Cl)cc1. The minimum atomic E-state index is -2.20. The number of ether oxygens (including phenoxy) is 1. The largest absolute Gasteiger partial charge is 0.423 e. The van der Waals surface area contributed by atoms with Crippen molar-refractivity contribution >= 4 is 134 Å². The van der Waals surface area contributed by atoms with E-state index in [1.165, 1.54) is 66.7 Å². The van der Waals surface area contributed by atoms with E-state index in [4.69, 9.17) is 109 Å². The molecule has 1 saturated carbocycles. The van der Waals surface area contributed by atoms with E-state index in [-0.39, 0.29) is 37.5 Å². The number of amides is 3. The van der Waals surface area contributed by atoms with Crippen LogP contribution < -0.4 is 4.74 Å². The maximum absolute atomic E-state index is 14.1. The number of hydrogen-bond donors (Lipinski definition) is 0. The molecule has 4 atom stereocenters. The molecule has 248 valence electrons.